The highest BCUT2D eigenvalue weighted by molar-refractivity contribution is 6.01. The third-order valence-corrected chi connectivity index (χ3v) is 2.72. The molecule has 1 atom stereocenters. The maximum absolute atomic E-state index is 11.9. The van der Waals surface area contributed by atoms with Crippen molar-refractivity contribution in [3.05, 3.63) is 35.4 Å². The van der Waals surface area contributed by atoms with Gasteiger partial charge in [0.05, 0.1) is 6.61 Å². The molecule has 0 bridgehead atoms. The molecular formula is C14H20N2O3. The summed E-state index contributed by atoms with van der Waals surface area (Å²) in [6.07, 6.45) is 0. The van der Waals surface area contributed by atoms with Crippen molar-refractivity contribution < 1.29 is 14.3 Å². The molecule has 0 aliphatic rings. The van der Waals surface area contributed by atoms with E-state index in [1.807, 2.05) is 31.2 Å². The molecule has 0 radical (unpaired) electrons. The molecule has 0 aliphatic heterocycles. The molecule has 0 fully saturated rings. The van der Waals surface area contributed by atoms with Gasteiger partial charge >= 0.3 is 5.97 Å². The lowest BCUT2D eigenvalue weighted by Crippen LogP contribution is -2.47. The monoisotopic (exact) mass is 264 g/mol. The summed E-state index contributed by atoms with van der Waals surface area (Å²) < 4.78 is 4.73. The van der Waals surface area contributed by atoms with E-state index in [2.05, 4.69) is 0 Å². The lowest BCUT2D eigenvalue weighted by molar-refractivity contribution is -0.150. The lowest BCUT2D eigenvalue weighted by Gasteiger charge is -2.20. The molecule has 1 aromatic rings. The summed E-state index contributed by atoms with van der Waals surface area (Å²) in [7, 11) is 1.61. The zero-order chi connectivity index (χ0) is 14.4. The molecule has 0 spiro atoms. The molecular weight excluding hydrogens is 244 g/mol. The number of hydrogen-bond acceptors (Lipinski definition) is 4. The molecule has 1 unspecified atom stereocenters. The Balaban J connectivity index is 2.62. The molecule has 0 aromatic heterocycles. The molecule has 1 rings (SSSR count). The van der Waals surface area contributed by atoms with Gasteiger partial charge in [0.25, 0.3) is 5.91 Å². The normalized spacial score (nSPS) is 11.8. The Morgan fingerprint density at radius 2 is 1.89 bits per heavy atom. The SMILES string of the molecule is CCOC(=O)C(N)C(=O)N(C)Cc1ccc(C)cc1. The van der Waals surface area contributed by atoms with E-state index in [-0.39, 0.29) is 6.61 Å². The van der Waals surface area contributed by atoms with Crippen molar-refractivity contribution in [2.45, 2.75) is 26.4 Å². The van der Waals surface area contributed by atoms with Crippen LogP contribution in [0.25, 0.3) is 0 Å². The van der Waals surface area contributed by atoms with E-state index < -0.39 is 17.9 Å². The molecule has 5 nitrogen and oxygen atoms in total. The fourth-order valence-corrected chi connectivity index (χ4v) is 1.62. The molecule has 0 saturated heterocycles. The van der Waals surface area contributed by atoms with Crippen LogP contribution < -0.4 is 5.73 Å². The van der Waals surface area contributed by atoms with Gasteiger partial charge in [-0.3, -0.25) is 4.79 Å². The van der Waals surface area contributed by atoms with Gasteiger partial charge in [0, 0.05) is 13.6 Å². The minimum Gasteiger partial charge on any atom is -0.464 e. The fourth-order valence-electron chi connectivity index (χ4n) is 1.62. The van der Waals surface area contributed by atoms with Crippen LogP contribution in [0.5, 0.6) is 0 Å². The summed E-state index contributed by atoms with van der Waals surface area (Å²) in [5, 5.41) is 0. The predicted molar refractivity (Wildman–Crippen MR) is 72.3 cm³/mol. The van der Waals surface area contributed by atoms with Crippen molar-refractivity contribution in [3.8, 4) is 0 Å². The Labute approximate surface area is 113 Å². The summed E-state index contributed by atoms with van der Waals surface area (Å²) in [6.45, 7) is 4.29. The number of carbonyl (C=O) groups is 2. The molecule has 2 N–H and O–H groups in total. The fraction of sp³-hybridized carbons (Fsp3) is 0.429. The number of hydrogen-bond donors (Lipinski definition) is 1. The lowest BCUT2D eigenvalue weighted by atomic mass is 10.1. The number of carbonyl (C=O) groups excluding carboxylic acids is 2. The van der Waals surface area contributed by atoms with Gasteiger partial charge < -0.3 is 15.4 Å². The number of nitrogens with two attached hydrogens (primary N) is 1. The largest absolute Gasteiger partial charge is 0.464 e. The van der Waals surface area contributed by atoms with E-state index in [0.717, 1.165) is 11.1 Å². The van der Waals surface area contributed by atoms with Gasteiger partial charge in [0.2, 0.25) is 0 Å². The first-order valence-electron chi connectivity index (χ1n) is 6.18. The second-order valence-electron chi connectivity index (χ2n) is 4.41. The van der Waals surface area contributed by atoms with Gasteiger partial charge in [-0.25, -0.2) is 4.79 Å². The average molecular weight is 264 g/mol. The summed E-state index contributed by atoms with van der Waals surface area (Å²) in [4.78, 5) is 24.7. The van der Waals surface area contributed by atoms with Crippen LogP contribution in [0.15, 0.2) is 24.3 Å². The van der Waals surface area contributed by atoms with Gasteiger partial charge in [-0.2, -0.15) is 0 Å². The highest BCUT2D eigenvalue weighted by atomic mass is 16.5. The van der Waals surface area contributed by atoms with Crippen LogP contribution in [-0.2, 0) is 20.9 Å². The van der Waals surface area contributed by atoms with Gasteiger partial charge in [0.15, 0.2) is 6.04 Å². The molecule has 104 valence electrons. The number of ether oxygens (including phenoxy) is 1. The van der Waals surface area contributed by atoms with Crippen molar-refractivity contribution in [1.29, 1.82) is 0 Å². The maximum Gasteiger partial charge on any atom is 0.332 e. The number of aryl methyl sites for hydroxylation is 1. The molecule has 19 heavy (non-hydrogen) atoms. The van der Waals surface area contributed by atoms with Gasteiger partial charge in [0.1, 0.15) is 0 Å². The van der Waals surface area contributed by atoms with Crippen LogP contribution in [0.4, 0.5) is 0 Å². The maximum atomic E-state index is 11.9. The molecule has 0 heterocycles. The highest BCUT2D eigenvalue weighted by Crippen LogP contribution is 2.06. The van der Waals surface area contributed by atoms with Crippen LogP contribution >= 0.6 is 0 Å². The Kier molecular flexibility index (Phi) is 5.51. The second kappa shape index (κ2) is 6.89. The zero-order valence-electron chi connectivity index (χ0n) is 11.6. The quantitative estimate of drug-likeness (QED) is 0.632. The zero-order valence-corrected chi connectivity index (χ0v) is 11.6. The predicted octanol–water partition coefficient (Wildman–Crippen LogP) is 0.844. The number of nitrogens with zero attached hydrogens (tertiary/aromatic N) is 1. The van der Waals surface area contributed by atoms with Crippen molar-refractivity contribution in [3.63, 3.8) is 0 Å². The molecule has 0 saturated carbocycles. The van der Waals surface area contributed by atoms with Crippen LogP contribution in [0, 0.1) is 6.92 Å². The van der Waals surface area contributed by atoms with Gasteiger partial charge in [-0.15, -0.1) is 0 Å². The van der Waals surface area contributed by atoms with E-state index in [0.29, 0.717) is 6.54 Å². The average Bonchev–Trinajstić information content (AvgIpc) is 2.39. The van der Waals surface area contributed by atoms with Crippen molar-refractivity contribution in [2.24, 2.45) is 5.73 Å². The van der Waals surface area contributed by atoms with Gasteiger partial charge in [-0.05, 0) is 19.4 Å². The molecule has 1 aromatic carbocycles. The topological polar surface area (TPSA) is 72.6 Å². The smallest absolute Gasteiger partial charge is 0.332 e. The van der Waals surface area contributed by atoms with Crippen LogP contribution in [0.1, 0.15) is 18.1 Å². The highest BCUT2D eigenvalue weighted by Gasteiger charge is 2.26. The van der Waals surface area contributed by atoms with Crippen LogP contribution in [0.2, 0.25) is 0 Å². The summed E-state index contributed by atoms with van der Waals surface area (Å²) in [5.41, 5.74) is 7.70. The first-order chi connectivity index (χ1) is 8.95. The second-order valence-corrected chi connectivity index (χ2v) is 4.41. The van der Waals surface area contributed by atoms with E-state index in [1.54, 1.807) is 14.0 Å². The molecule has 5 heteroatoms. The Morgan fingerprint density at radius 3 is 2.42 bits per heavy atom. The summed E-state index contributed by atoms with van der Waals surface area (Å²) in [6, 6.07) is 6.57. The van der Waals surface area contributed by atoms with E-state index >= 15 is 0 Å². The van der Waals surface area contributed by atoms with E-state index in [1.165, 1.54) is 4.90 Å². The third kappa shape index (κ3) is 4.37. The Morgan fingerprint density at radius 1 is 1.32 bits per heavy atom. The Hall–Kier alpha value is -1.88. The summed E-state index contributed by atoms with van der Waals surface area (Å²) >= 11 is 0. The third-order valence-electron chi connectivity index (χ3n) is 2.72. The number of likely N-dealkylation sites (N-methyl/N-ethyl adjacent to an activating group) is 1. The van der Waals surface area contributed by atoms with Gasteiger partial charge in [-0.1, -0.05) is 29.8 Å². The molecule has 1 amide bonds. The minimum atomic E-state index is -1.25. The number of esters is 1. The first kappa shape index (κ1) is 15.2. The number of amides is 1. The number of benzene rings is 1. The minimum absolute atomic E-state index is 0.210. The van der Waals surface area contributed by atoms with Crippen LogP contribution in [-0.4, -0.2) is 36.5 Å². The van der Waals surface area contributed by atoms with Crippen molar-refractivity contribution >= 4 is 11.9 Å². The van der Waals surface area contributed by atoms with E-state index in [4.69, 9.17) is 10.5 Å². The number of rotatable bonds is 5. The molecule has 0 aliphatic carbocycles. The summed E-state index contributed by atoms with van der Waals surface area (Å²) in [5.74, 6) is -1.14. The standard InChI is InChI=1S/C14H20N2O3/c1-4-19-14(18)12(15)13(17)16(3)9-11-7-5-10(2)6-8-11/h5-8,12H,4,9,15H2,1-3H3. The first-order valence-corrected chi connectivity index (χ1v) is 6.18. The van der Waals surface area contributed by atoms with Crippen molar-refractivity contribution in [1.82, 2.24) is 4.90 Å². The Bertz CT molecular complexity index is 443. The van der Waals surface area contributed by atoms with E-state index in [9.17, 15) is 9.59 Å². The van der Waals surface area contributed by atoms with Crippen molar-refractivity contribution in [2.75, 3.05) is 13.7 Å². The van der Waals surface area contributed by atoms with Crippen LogP contribution in [0.3, 0.4) is 0 Å².